The molecule has 0 bridgehead atoms. The van der Waals surface area contributed by atoms with Crippen LogP contribution in [0.25, 0.3) is 0 Å². The Morgan fingerprint density at radius 3 is 2.83 bits per heavy atom. The normalized spacial score (nSPS) is 19.2. The number of carbonyl (C=O) groups is 1. The maximum absolute atomic E-state index is 12.2. The lowest BCUT2D eigenvalue weighted by atomic mass is 10.0. The van der Waals surface area contributed by atoms with Gasteiger partial charge < -0.3 is 10.2 Å². The molecule has 1 aliphatic rings. The van der Waals surface area contributed by atoms with Crippen molar-refractivity contribution in [1.82, 2.24) is 10.2 Å². The van der Waals surface area contributed by atoms with Gasteiger partial charge in [-0.05, 0) is 50.4 Å². The molecule has 0 spiro atoms. The van der Waals surface area contributed by atoms with Gasteiger partial charge in [0.1, 0.15) is 0 Å². The third kappa shape index (κ3) is 6.24. The van der Waals surface area contributed by atoms with E-state index in [0.29, 0.717) is 23.7 Å². The maximum Gasteiger partial charge on any atom is 0.251 e. The average Bonchev–Trinajstić information content (AvgIpc) is 2.51. The van der Waals surface area contributed by atoms with Crippen LogP contribution in [0, 0.1) is 0 Å². The largest absolute Gasteiger partial charge is 0.352 e. The molecule has 1 aromatic rings. The van der Waals surface area contributed by atoms with E-state index in [4.69, 9.17) is 0 Å². The van der Waals surface area contributed by atoms with Crippen LogP contribution in [0.3, 0.4) is 0 Å². The monoisotopic (exact) mass is 352 g/mol. The summed E-state index contributed by atoms with van der Waals surface area (Å²) in [5, 5.41) is 2.93. The molecule has 1 fully saturated rings. The molecule has 1 unspecified atom stereocenters. The number of hydrogen-bond donors (Lipinski definition) is 1. The van der Waals surface area contributed by atoms with Crippen molar-refractivity contribution in [3.63, 3.8) is 0 Å². The van der Waals surface area contributed by atoms with Gasteiger partial charge >= 0.3 is 0 Å². The fourth-order valence-electron chi connectivity index (χ4n) is 3.18. The Bertz CT molecular complexity index is 658. The number of piperidine rings is 1. The number of nitrogens with zero attached hydrogens (tertiary/aromatic N) is 1. The van der Waals surface area contributed by atoms with Gasteiger partial charge in [-0.15, -0.1) is 0 Å². The van der Waals surface area contributed by atoms with Crippen molar-refractivity contribution in [2.45, 2.75) is 44.4 Å². The predicted octanol–water partition coefficient (Wildman–Crippen LogP) is 2.23. The second-order valence-corrected chi connectivity index (χ2v) is 8.90. The molecular formula is C18H28N2O3S. The fourth-order valence-corrected chi connectivity index (χ4v) is 3.97. The van der Waals surface area contributed by atoms with Crippen molar-refractivity contribution >= 4 is 15.7 Å². The highest BCUT2D eigenvalue weighted by molar-refractivity contribution is 7.89. The van der Waals surface area contributed by atoms with Crippen LogP contribution in [0.5, 0.6) is 0 Å². The molecule has 134 valence electrons. The minimum atomic E-state index is -3.10. The molecular weight excluding hydrogens is 324 g/mol. The predicted molar refractivity (Wildman–Crippen MR) is 96.8 cm³/mol. The second kappa shape index (κ2) is 8.62. The van der Waals surface area contributed by atoms with Gasteiger partial charge in [0.05, 0.1) is 5.75 Å². The first-order chi connectivity index (χ1) is 11.3. The van der Waals surface area contributed by atoms with Crippen molar-refractivity contribution in [3.05, 3.63) is 35.4 Å². The van der Waals surface area contributed by atoms with Crippen LogP contribution in [0.2, 0.25) is 0 Å². The summed E-state index contributed by atoms with van der Waals surface area (Å²) < 4.78 is 22.7. The van der Waals surface area contributed by atoms with Crippen molar-refractivity contribution < 1.29 is 13.2 Å². The van der Waals surface area contributed by atoms with E-state index in [2.05, 4.69) is 17.1 Å². The standard InChI is InChI=1S/C18H28N2O3S/c1-15-7-3-4-11-20(15)12-6-10-19-18(21)17-9-5-8-16(13-17)14-24(2,22)23/h5,8-9,13,15H,3-4,6-7,10-12,14H2,1-2H3,(H,19,21). The van der Waals surface area contributed by atoms with Crippen molar-refractivity contribution in [3.8, 4) is 0 Å². The third-order valence-corrected chi connectivity index (χ3v) is 5.32. The van der Waals surface area contributed by atoms with Gasteiger partial charge in [-0.2, -0.15) is 0 Å². The summed E-state index contributed by atoms with van der Waals surface area (Å²) in [4.78, 5) is 14.7. The van der Waals surface area contributed by atoms with E-state index in [1.807, 2.05) is 0 Å². The SMILES string of the molecule is CC1CCCCN1CCCNC(=O)c1cccc(CS(C)(=O)=O)c1. The van der Waals surface area contributed by atoms with Gasteiger partial charge in [-0.1, -0.05) is 18.6 Å². The zero-order chi connectivity index (χ0) is 17.6. The van der Waals surface area contributed by atoms with E-state index in [-0.39, 0.29) is 11.7 Å². The summed E-state index contributed by atoms with van der Waals surface area (Å²) in [5.41, 5.74) is 1.16. The van der Waals surface area contributed by atoms with Gasteiger partial charge in [-0.25, -0.2) is 8.42 Å². The molecule has 2 rings (SSSR count). The molecule has 6 heteroatoms. The Morgan fingerprint density at radius 2 is 2.12 bits per heavy atom. The molecule has 1 atom stereocenters. The van der Waals surface area contributed by atoms with Crippen molar-refractivity contribution in [2.75, 3.05) is 25.9 Å². The van der Waals surface area contributed by atoms with Crippen LogP contribution in [0.15, 0.2) is 24.3 Å². The van der Waals surface area contributed by atoms with Gasteiger partial charge in [0.25, 0.3) is 5.91 Å². The fraction of sp³-hybridized carbons (Fsp3) is 0.611. The highest BCUT2D eigenvalue weighted by Crippen LogP contribution is 2.16. The third-order valence-electron chi connectivity index (χ3n) is 4.47. The highest BCUT2D eigenvalue weighted by Gasteiger charge is 2.17. The van der Waals surface area contributed by atoms with E-state index in [1.54, 1.807) is 24.3 Å². The van der Waals surface area contributed by atoms with Gasteiger partial charge in [0.15, 0.2) is 9.84 Å². The Morgan fingerprint density at radius 1 is 1.33 bits per heavy atom. The Hall–Kier alpha value is -1.40. The van der Waals surface area contributed by atoms with E-state index in [9.17, 15) is 13.2 Å². The topological polar surface area (TPSA) is 66.5 Å². The molecule has 1 N–H and O–H groups in total. The molecule has 5 nitrogen and oxygen atoms in total. The summed E-state index contributed by atoms with van der Waals surface area (Å²) in [6, 6.07) is 7.47. The Balaban J connectivity index is 1.79. The van der Waals surface area contributed by atoms with Crippen LogP contribution in [0.4, 0.5) is 0 Å². The zero-order valence-corrected chi connectivity index (χ0v) is 15.4. The maximum atomic E-state index is 12.2. The van der Waals surface area contributed by atoms with E-state index < -0.39 is 9.84 Å². The summed E-state index contributed by atoms with van der Waals surface area (Å²) in [7, 11) is -3.10. The summed E-state index contributed by atoms with van der Waals surface area (Å²) in [5.74, 6) is -0.182. The minimum Gasteiger partial charge on any atom is -0.352 e. The lowest BCUT2D eigenvalue weighted by molar-refractivity contribution is 0.0948. The number of nitrogens with one attached hydrogen (secondary N) is 1. The molecule has 1 heterocycles. The van der Waals surface area contributed by atoms with Crippen molar-refractivity contribution in [1.29, 1.82) is 0 Å². The van der Waals surface area contributed by atoms with Crippen LogP contribution >= 0.6 is 0 Å². The first kappa shape index (κ1) is 18.9. The number of rotatable bonds is 7. The number of benzene rings is 1. The van der Waals surface area contributed by atoms with Gasteiger partial charge in [-0.3, -0.25) is 4.79 Å². The Kier molecular flexibility index (Phi) is 6.80. The number of carbonyl (C=O) groups excluding carboxylic acids is 1. The smallest absolute Gasteiger partial charge is 0.251 e. The lowest BCUT2D eigenvalue weighted by Crippen LogP contribution is -2.39. The van der Waals surface area contributed by atoms with Crippen LogP contribution in [-0.4, -0.2) is 51.2 Å². The molecule has 0 saturated carbocycles. The summed E-state index contributed by atoms with van der Waals surface area (Å²) in [6.45, 7) is 5.07. The molecule has 0 aliphatic carbocycles. The Labute approximate surface area is 145 Å². The molecule has 1 aromatic carbocycles. The van der Waals surface area contributed by atoms with E-state index in [0.717, 1.165) is 19.5 Å². The summed E-state index contributed by atoms with van der Waals surface area (Å²) >= 11 is 0. The van der Waals surface area contributed by atoms with Crippen LogP contribution in [-0.2, 0) is 15.6 Å². The highest BCUT2D eigenvalue weighted by atomic mass is 32.2. The molecule has 1 amide bonds. The molecule has 1 aliphatic heterocycles. The number of sulfone groups is 1. The number of hydrogen-bond acceptors (Lipinski definition) is 4. The lowest BCUT2D eigenvalue weighted by Gasteiger charge is -2.33. The van der Waals surface area contributed by atoms with E-state index in [1.165, 1.54) is 25.5 Å². The first-order valence-electron chi connectivity index (χ1n) is 8.64. The number of amides is 1. The molecule has 0 aromatic heterocycles. The van der Waals surface area contributed by atoms with Gasteiger partial charge in [0.2, 0.25) is 0 Å². The summed E-state index contributed by atoms with van der Waals surface area (Å²) in [6.07, 6.45) is 5.97. The average molecular weight is 353 g/mol. The van der Waals surface area contributed by atoms with Crippen molar-refractivity contribution in [2.24, 2.45) is 0 Å². The molecule has 24 heavy (non-hydrogen) atoms. The second-order valence-electron chi connectivity index (χ2n) is 6.76. The van der Waals surface area contributed by atoms with E-state index >= 15 is 0 Å². The molecule has 1 saturated heterocycles. The number of likely N-dealkylation sites (tertiary alicyclic amines) is 1. The zero-order valence-electron chi connectivity index (χ0n) is 14.6. The van der Waals surface area contributed by atoms with Gasteiger partial charge in [0, 0.05) is 31.0 Å². The first-order valence-corrected chi connectivity index (χ1v) is 10.7. The quantitative estimate of drug-likeness (QED) is 0.764. The van der Waals surface area contributed by atoms with Crippen LogP contribution < -0.4 is 5.32 Å². The molecule has 0 radical (unpaired) electrons. The van der Waals surface area contributed by atoms with Crippen LogP contribution in [0.1, 0.15) is 48.5 Å². The minimum absolute atomic E-state index is 0.0407.